The van der Waals surface area contributed by atoms with Crippen molar-refractivity contribution in [2.45, 2.75) is 26.8 Å². The Morgan fingerprint density at radius 1 is 0.933 bits per heavy atom. The molecule has 7 heteroatoms. The number of ether oxygens (including phenoxy) is 3. The van der Waals surface area contributed by atoms with Gasteiger partial charge in [-0.3, -0.25) is 4.99 Å². The van der Waals surface area contributed by atoms with Gasteiger partial charge in [0.2, 0.25) is 4.80 Å². The molecule has 0 unspecified atom stereocenters. The topological polar surface area (TPSA) is 57.3 Å². The number of nitrogens with zero attached hydrogens (tertiary/aromatic N) is 3. The molecule has 0 atom stereocenters. The molecule has 1 aromatic heterocycles. The van der Waals surface area contributed by atoms with Crippen molar-refractivity contribution in [3.63, 3.8) is 0 Å². The van der Waals surface area contributed by atoms with Crippen LogP contribution < -0.4 is 19.0 Å². The molecule has 3 rings (SSSR count). The van der Waals surface area contributed by atoms with Crippen LogP contribution in [0.15, 0.2) is 57.9 Å². The highest BCUT2D eigenvalue weighted by Gasteiger charge is 2.12. The van der Waals surface area contributed by atoms with Crippen LogP contribution in [-0.2, 0) is 0 Å². The average molecular weight is 426 g/mol. The molecule has 0 spiro atoms. The van der Waals surface area contributed by atoms with E-state index >= 15 is 0 Å². The fourth-order valence-corrected chi connectivity index (χ4v) is 3.93. The molecule has 2 aromatic carbocycles. The van der Waals surface area contributed by atoms with Crippen molar-refractivity contribution in [2.75, 3.05) is 21.3 Å². The lowest BCUT2D eigenvalue weighted by Gasteiger charge is -2.11. The Kier molecular flexibility index (Phi) is 6.95. The Morgan fingerprint density at radius 2 is 1.60 bits per heavy atom. The molecule has 0 aliphatic rings. The first kappa shape index (κ1) is 21.6. The zero-order valence-corrected chi connectivity index (χ0v) is 19.0. The van der Waals surface area contributed by atoms with Crippen molar-refractivity contribution in [1.82, 2.24) is 4.68 Å². The molecular formula is C23H27N3O3S. The number of hydrogen-bond acceptors (Lipinski definition) is 6. The summed E-state index contributed by atoms with van der Waals surface area (Å²) in [6.45, 7) is 6.07. The summed E-state index contributed by atoms with van der Waals surface area (Å²) in [6, 6.07) is 13.8. The summed E-state index contributed by atoms with van der Waals surface area (Å²) in [5.74, 6) is 2.30. The van der Waals surface area contributed by atoms with E-state index in [1.807, 2.05) is 54.1 Å². The van der Waals surface area contributed by atoms with E-state index in [0.29, 0.717) is 0 Å². The van der Waals surface area contributed by atoms with E-state index in [9.17, 15) is 0 Å². The minimum absolute atomic E-state index is 0.153. The normalized spacial score (nSPS) is 12.4. The molecule has 0 saturated carbocycles. The van der Waals surface area contributed by atoms with E-state index in [2.05, 4.69) is 19.2 Å². The Bertz CT molecular complexity index is 1100. The van der Waals surface area contributed by atoms with Crippen molar-refractivity contribution in [3.05, 3.63) is 58.2 Å². The van der Waals surface area contributed by atoms with Crippen LogP contribution in [-0.4, -0.2) is 37.8 Å². The molecule has 0 bridgehead atoms. The van der Waals surface area contributed by atoms with E-state index in [1.54, 1.807) is 32.7 Å². The average Bonchev–Trinajstić information content (AvgIpc) is 3.14. The van der Waals surface area contributed by atoms with Crippen molar-refractivity contribution < 1.29 is 14.2 Å². The molecule has 0 radical (unpaired) electrons. The van der Waals surface area contributed by atoms with Gasteiger partial charge in [0.25, 0.3) is 0 Å². The number of benzene rings is 2. The van der Waals surface area contributed by atoms with Crippen molar-refractivity contribution >= 4 is 17.0 Å². The van der Waals surface area contributed by atoms with Gasteiger partial charge in [-0.05, 0) is 63.2 Å². The third-order valence-corrected chi connectivity index (χ3v) is 5.32. The van der Waals surface area contributed by atoms with Gasteiger partial charge in [-0.1, -0.05) is 0 Å². The van der Waals surface area contributed by atoms with Crippen LogP contribution in [0.3, 0.4) is 0 Å². The third-order valence-electron chi connectivity index (χ3n) is 4.49. The van der Waals surface area contributed by atoms with Crippen molar-refractivity contribution in [1.29, 1.82) is 0 Å². The fourth-order valence-electron chi connectivity index (χ4n) is 2.97. The molecule has 0 amide bonds. The smallest absolute Gasteiger partial charge is 0.206 e. The molecular weight excluding hydrogens is 398 g/mol. The maximum Gasteiger partial charge on any atom is 0.206 e. The van der Waals surface area contributed by atoms with Gasteiger partial charge in [0.15, 0.2) is 0 Å². The van der Waals surface area contributed by atoms with Gasteiger partial charge in [0.1, 0.15) is 17.2 Å². The predicted molar refractivity (Wildman–Crippen MR) is 122 cm³/mol. The van der Waals surface area contributed by atoms with Crippen LogP contribution in [0.4, 0.5) is 0 Å². The minimum atomic E-state index is 0.153. The minimum Gasteiger partial charge on any atom is -0.497 e. The molecule has 3 aromatic rings. The molecule has 6 nitrogen and oxygen atoms in total. The SMILES string of the molecule is COc1ccc(-c2csc(=NC(C)C)n2N=C(C)c2cc(OC)ccc2OC)cc1. The summed E-state index contributed by atoms with van der Waals surface area (Å²) in [6.07, 6.45) is 0. The van der Waals surface area contributed by atoms with Crippen LogP contribution in [0.2, 0.25) is 0 Å². The molecule has 0 saturated heterocycles. The lowest BCUT2D eigenvalue weighted by atomic mass is 10.1. The van der Waals surface area contributed by atoms with Crippen molar-refractivity contribution in [3.8, 4) is 28.5 Å². The summed E-state index contributed by atoms with van der Waals surface area (Å²) in [5, 5.41) is 7.00. The number of aromatic nitrogens is 1. The lowest BCUT2D eigenvalue weighted by Crippen LogP contribution is -2.16. The van der Waals surface area contributed by atoms with Gasteiger partial charge in [-0.15, -0.1) is 11.3 Å². The number of hydrogen-bond donors (Lipinski definition) is 0. The Morgan fingerprint density at radius 3 is 2.20 bits per heavy atom. The number of methoxy groups -OCH3 is 3. The summed E-state index contributed by atoms with van der Waals surface area (Å²) in [5.41, 5.74) is 3.66. The molecule has 0 N–H and O–H groups in total. The summed E-state index contributed by atoms with van der Waals surface area (Å²) in [7, 11) is 4.96. The fraction of sp³-hybridized carbons (Fsp3) is 0.304. The largest absolute Gasteiger partial charge is 0.497 e. The van der Waals surface area contributed by atoms with E-state index in [1.165, 1.54) is 0 Å². The van der Waals surface area contributed by atoms with E-state index in [0.717, 1.165) is 44.6 Å². The monoisotopic (exact) mass is 425 g/mol. The number of rotatable bonds is 7. The second kappa shape index (κ2) is 9.63. The highest BCUT2D eigenvalue weighted by molar-refractivity contribution is 7.07. The highest BCUT2D eigenvalue weighted by atomic mass is 32.1. The quantitative estimate of drug-likeness (QED) is 0.510. The van der Waals surface area contributed by atoms with Gasteiger partial charge in [0.05, 0.1) is 32.7 Å². The van der Waals surface area contributed by atoms with Crippen LogP contribution in [0.25, 0.3) is 11.3 Å². The molecule has 30 heavy (non-hydrogen) atoms. The van der Waals surface area contributed by atoms with Gasteiger partial charge in [0, 0.05) is 22.5 Å². The third kappa shape index (κ3) is 4.74. The van der Waals surface area contributed by atoms with E-state index in [4.69, 9.17) is 24.3 Å². The van der Waals surface area contributed by atoms with Crippen molar-refractivity contribution in [2.24, 2.45) is 10.1 Å². The van der Waals surface area contributed by atoms with Crippen LogP contribution in [0.1, 0.15) is 26.3 Å². The van der Waals surface area contributed by atoms with Gasteiger partial charge >= 0.3 is 0 Å². The Balaban J connectivity index is 2.17. The predicted octanol–water partition coefficient (Wildman–Crippen LogP) is 4.82. The molecule has 0 aliphatic carbocycles. The lowest BCUT2D eigenvalue weighted by molar-refractivity contribution is 0.402. The standard InChI is InChI=1S/C23H27N3O3S/c1-15(2)24-23-26(21(14-30-23)17-7-9-18(27-4)10-8-17)25-16(3)20-13-19(28-5)11-12-22(20)29-6/h7-15H,1-6H3. The molecule has 158 valence electrons. The van der Waals surface area contributed by atoms with Crippen LogP contribution >= 0.6 is 11.3 Å². The van der Waals surface area contributed by atoms with Crippen LogP contribution in [0.5, 0.6) is 17.2 Å². The highest BCUT2D eigenvalue weighted by Crippen LogP contribution is 2.26. The molecule has 1 heterocycles. The summed E-state index contributed by atoms with van der Waals surface area (Å²) >= 11 is 1.57. The first-order chi connectivity index (χ1) is 14.5. The molecule has 0 aliphatic heterocycles. The van der Waals surface area contributed by atoms with Crippen LogP contribution in [0, 0.1) is 0 Å². The van der Waals surface area contributed by atoms with Gasteiger partial charge < -0.3 is 14.2 Å². The summed E-state index contributed by atoms with van der Waals surface area (Å²) < 4.78 is 18.1. The molecule has 0 fully saturated rings. The first-order valence-corrected chi connectivity index (χ1v) is 10.5. The zero-order chi connectivity index (χ0) is 21.7. The van der Waals surface area contributed by atoms with Gasteiger partial charge in [-0.25, -0.2) is 4.68 Å². The summed E-state index contributed by atoms with van der Waals surface area (Å²) in [4.78, 5) is 5.59. The zero-order valence-electron chi connectivity index (χ0n) is 18.2. The van der Waals surface area contributed by atoms with E-state index in [-0.39, 0.29) is 6.04 Å². The second-order valence-corrected chi connectivity index (χ2v) is 7.75. The first-order valence-electron chi connectivity index (χ1n) is 9.63. The maximum atomic E-state index is 5.54. The maximum absolute atomic E-state index is 5.54. The van der Waals surface area contributed by atoms with E-state index < -0.39 is 0 Å². The Hall–Kier alpha value is -3.06. The second-order valence-electron chi connectivity index (χ2n) is 6.92. The van der Waals surface area contributed by atoms with Gasteiger partial charge in [-0.2, -0.15) is 5.10 Å². The number of thiazole rings is 1. The Labute approximate surface area is 181 Å².